The summed E-state index contributed by atoms with van der Waals surface area (Å²) in [7, 11) is 0. The molecular formula is C18H22N2O4. The van der Waals surface area contributed by atoms with Gasteiger partial charge in [0.25, 0.3) is 0 Å². The fraction of sp³-hybridized carbons (Fsp3) is 0.333. The average molecular weight is 330 g/mol. The molecule has 24 heavy (non-hydrogen) atoms. The number of esters is 1. The molecule has 0 fully saturated rings. The van der Waals surface area contributed by atoms with Crippen molar-refractivity contribution in [2.45, 2.75) is 26.8 Å². The minimum atomic E-state index is -0.625. The summed E-state index contributed by atoms with van der Waals surface area (Å²) in [5.41, 5.74) is 1.55. The van der Waals surface area contributed by atoms with Gasteiger partial charge in [-0.25, -0.2) is 9.59 Å². The lowest BCUT2D eigenvalue weighted by Gasteiger charge is -2.29. The second-order valence-corrected chi connectivity index (χ2v) is 5.21. The highest BCUT2D eigenvalue weighted by molar-refractivity contribution is 5.95. The molecule has 0 aromatic heterocycles. The molecule has 0 saturated heterocycles. The van der Waals surface area contributed by atoms with Crippen molar-refractivity contribution in [2.75, 3.05) is 13.2 Å². The number of urea groups is 1. The van der Waals surface area contributed by atoms with Crippen LogP contribution >= 0.6 is 0 Å². The number of amides is 2. The van der Waals surface area contributed by atoms with E-state index in [1.165, 1.54) is 0 Å². The van der Waals surface area contributed by atoms with Crippen LogP contribution in [0.25, 0.3) is 0 Å². The van der Waals surface area contributed by atoms with E-state index in [2.05, 4.69) is 10.6 Å². The Bertz CT molecular complexity index is 679. The van der Waals surface area contributed by atoms with Crippen LogP contribution in [0.5, 0.6) is 5.75 Å². The van der Waals surface area contributed by atoms with Gasteiger partial charge in [-0.3, -0.25) is 0 Å². The zero-order valence-corrected chi connectivity index (χ0v) is 14.1. The zero-order valence-electron chi connectivity index (χ0n) is 14.1. The van der Waals surface area contributed by atoms with Gasteiger partial charge >= 0.3 is 12.0 Å². The molecule has 0 aliphatic carbocycles. The summed E-state index contributed by atoms with van der Waals surface area (Å²) >= 11 is 0. The molecule has 1 unspecified atom stereocenters. The van der Waals surface area contributed by atoms with Gasteiger partial charge in [0.05, 0.1) is 18.2 Å². The molecule has 1 aromatic rings. The largest absolute Gasteiger partial charge is 0.494 e. The van der Waals surface area contributed by atoms with E-state index in [4.69, 9.17) is 9.47 Å². The van der Waals surface area contributed by atoms with Gasteiger partial charge in [0, 0.05) is 11.3 Å². The van der Waals surface area contributed by atoms with Crippen LogP contribution in [0.15, 0.2) is 47.7 Å². The number of rotatable bonds is 6. The SMILES string of the molecule is CC=CCOC(=O)C1=C(C)NC(=O)NC1c1ccccc1OCC. The Balaban J connectivity index is 2.40. The lowest BCUT2D eigenvalue weighted by atomic mass is 9.95. The smallest absolute Gasteiger partial charge is 0.338 e. The third-order valence-corrected chi connectivity index (χ3v) is 3.57. The predicted molar refractivity (Wildman–Crippen MR) is 90.5 cm³/mol. The van der Waals surface area contributed by atoms with E-state index in [1.807, 2.05) is 38.1 Å². The van der Waals surface area contributed by atoms with Crippen molar-refractivity contribution >= 4 is 12.0 Å². The van der Waals surface area contributed by atoms with Gasteiger partial charge in [0.1, 0.15) is 12.4 Å². The molecule has 2 rings (SSSR count). The first-order valence-corrected chi connectivity index (χ1v) is 7.86. The molecule has 2 amide bonds. The lowest BCUT2D eigenvalue weighted by molar-refractivity contribution is -0.138. The number of hydrogen-bond donors (Lipinski definition) is 2. The number of para-hydroxylation sites is 1. The summed E-state index contributed by atoms with van der Waals surface area (Å²) in [6, 6.07) is 6.33. The zero-order chi connectivity index (χ0) is 17.5. The number of ether oxygens (including phenoxy) is 2. The average Bonchev–Trinajstić information content (AvgIpc) is 2.55. The third-order valence-electron chi connectivity index (χ3n) is 3.57. The highest BCUT2D eigenvalue weighted by Crippen LogP contribution is 2.33. The van der Waals surface area contributed by atoms with Crippen LogP contribution in [-0.2, 0) is 9.53 Å². The molecule has 0 spiro atoms. The fourth-order valence-electron chi connectivity index (χ4n) is 2.50. The predicted octanol–water partition coefficient (Wildman–Crippen LogP) is 2.83. The topological polar surface area (TPSA) is 76.7 Å². The Labute approximate surface area is 141 Å². The summed E-state index contributed by atoms with van der Waals surface area (Å²) in [4.78, 5) is 24.4. The van der Waals surface area contributed by atoms with E-state index in [0.29, 0.717) is 29.2 Å². The number of carbonyl (C=O) groups excluding carboxylic acids is 2. The van der Waals surface area contributed by atoms with Crippen molar-refractivity contribution in [2.24, 2.45) is 0 Å². The molecule has 0 saturated carbocycles. The van der Waals surface area contributed by atoms with E-state index in [9.17, 15) is 9.59 Å². The van der Waals surface area contributed by atoms with E-state index < -0.39 is 12.0 Å². The Morgan fingerprint density at radius 3 is 2.79 bits per heavy atom. The van der Waals surface area contributed by atoms with E-state index in [1.54, 1.807) is 19.1 Å². The third kappa shape index (κ3) is 3.95. The van der Waals surface area contributed by atoms with E-state index >= 15 is 0 Å². The van der Waals surface area contributed by atoms with Crippen LogP contribution in [0.1, 0.15) is 32.4 Å². The second kappa shape index (κ2) is 8.19. The highest BCUT2D eigenvalue weighted by Gasteiger charge is 2.33. The molecular weight excluding hydrogens is 308 g/mol. The summed E-state index contributed by atoms with van der Waals surface area (Å²) in [6.45, 7) is 6.08. The van der Waals surface area contributed by atoms with Crippen LogP contribution in [0, 0.1) is 0 Å². The Hall–Kier alpha value is -2.76. The quantitative estimate of drug-likeness (QED) is 0.621. The highest BCUT2D eigenvalue weighted by atomic mass is 16.5. The van der Waals surface area contributed by atoms with Gasteiger partial charge in [-0.05, 0) is 26.8 Å². The normalized spacial score (nSPS) is 17.5. The molecule has 1 atom stereocenters. The molecule has 0 bridgehead atoms. The number of allylic oxidation sites excluding steroid dienone is 2. The van der Waals surface area contributed by atoms with Crippen LogP contribution in [0.3, 0.4) is 0 Å². The number of hydrogen-bond acceptors (Lipinski definition) is 4. The number of carbonyl (C=O) groups is 2. The van der Waals surface area contributed by atoms with E-state index in [-0.39, 0.29) is 12.6 Å². The summed E-state index contributed by atoms with van der Waals surface area (Å²) < 4.78 is 10.9. The number of nitrogens with one attached hydrogen (secondary N) is 2. The Morgan fingerprint density at radius 1 is 1.33 bits per heavy atom. The van der Waals surface area contributed by atoms with Crippen molar-refractivity contribution in [1.82, 2.24) is 10.6 Å². The van der Waals surface area contributed by atoms with Gasteiger partial charge in [-0.15, -0.1) is 0 Å². The summed E-state index contributed by atoms with van der Waals surface area (Å²) in [6.07, 6.45) is 3.54. The van der Waals surface area contributed by atoms with Gasteiger partial charge < -0.3 is 20.1 Å². The first-order valence-electron chi connectivity index (χ1n) is 7.86. The van der Waals surface area contributed by atoms with Crippen molar-refractivity contribution in [3.63, 3.8) is 0 Å². The van der Waals surface area contributed by atoms with Gasteiger partial charge in [0.15, 0.2) is 0 Å². The van der Waals surface area contributed by atoms with Gasteiger partial charge in [0.2, 0.25) is 0 Å². The number of benzene rings is 1. The molecule has 6 nitrogen and oxygen atoms in total. The first-order chi connectivity index (χ1) is 11.6. The molecule has 2 N–H and O–H groups in total. The molecule has 1 aliphatic rings. The second-order valence-electron chi connectivity index (χ2n) is 5.21. The van der Waals surface area contributed by atoms with Crippen molar-refractivity contribution < 1.29 is 19.1 Å². The molecule has 0 radical (unpaired) electrons. The summed E-state index contributed by atoms with van der Waals surface area (Å²) in [5.74, 6) is 0.146. The van der Waals surface area contributed by atoms with E-state index in [0.717, 1.165) is 0 Å². The minimum Gasteiger partial charge on any atom is -0.494 e. The molecule has 6 heteroatoms. The van der Waals surface area contributed by atoms with Gasteiger partial charge in [-0.2, -0.15) is 0 Å². The van der Waals surface area contributed by atoms with Crippen molar-refractivity contribution in [3.8, 4) is 5.75 Å². The maximum atomic E-state index is 12.5. The van der Waals surface area contributed by atoms with Gasteiger partial charge in [-0.1, -0.05) is 30.4 Å². The van der Waals surface area contributed by atoms with Crippen molar-refractivity contribution in [1.29, 1.82) is 0 Å². The Kier molecular flexibility index (Phi) is 6.01. The molecule has 1 heterocycles. The van der Waals surface area contributed by atoms with Crippen LogP contribution < -0.4 is 15.4 Å². The minimum absolute atomic E-state index is 0.180. The first kappa shape index (κ1) is 17.6. The Morgan fingerprint density at radius 2 is 2.08 bits per heavy atom. The fourth-order valence-corrected chi connectivity index (χ4v) is 2.50. The summed E-state index contributed by atoms with van der Waals surface area (Å²) in [5, 5.41) is 5.40. The maximum absolute atomic E-state index is 12.5. The van der Waals surface area contributed by atoms with Crippen molar-refractivity contribution in [3.05, 3.63) is 53.3 Å². The lowest BCUT2D eigenvalue weighted by Crippen LogP contribution is -2.45. The van der Waals surface area contributed by atoms with Crippen LogP contribution in [-0.4, -0.2) is 25.2 Å². The maximum Gasteiger partial charge on any atom is 0.338 e. The molecule has 1 aliphatic heterocycles. The molecule has 1 aromatic carbocycles. The monoisotopic (exact) mass is 330 g/mol. The molecule has 128 valence electrons. The van der Waals surface area contributed by atoms with Crippen LogP contribution in [0.4, 0.5) is 4.79 Å². The van der Waals surface area contributed by atoms with Crippen LogP contribution in [0.2, 0.25) is 0 Å². The standard InChI is InChI=1S/C18H22N2O4/c1-4-6-11-24-17(21)15-12(3)19-18(22)20-16(15)13-9-7-8-10-14(13)23-5-2/h4,6-10,16H,5,11H2,1-3H3,(H2,19,20,22).